The van der Waals surface area contributed by atoms with Crippen molar-refractivity contribution in [1.29, 1.82) is 0 Å². The lowest BCUT2D eigenvalue weighted by Crippen LogP contribution is -2.49. The molecule has 2 aliphatic rings. The van der Waals surface area contributed by atoms with Gasteiger partial charge in [-0.15, -0.1) is 0 Å². The number of hydrogen-bond acceptors (Lipinski definition) is 4. The molecule has 1 aliphatic heterocycles. The van der Waals surface area contributed by atoms with Crippen molar-refractivity contribution < 1.29 is 18.0 Å². The van der Waals surface area contributed by atoms with Gasteiger partial charge >= 0.3 is 0 Å². The minimum Gasteiger partial charge on any atom is -0.351 e. The van der Waals surface area contributed by atoms with Crippen LogP contribution in [0.3, 0.4) is 0 Å². The minimum absolute atomic E-state index is 0.0169. The summed E-state index contributed by atoms with van der Waals surface area (Å²) in [6.45, 7) is 3.25. The van der Waals surface area contributed by atoms with Crippen LogP contribution in [0.1, 0.15) is 35.7 Å². The number of sulfonamides is 1. The molecule has 0 bridgehead atoms. The molecule has 164 valence electrons. The van der Waals surface area contributed by atoms with Gasteiger partial charge in [0.1, 0.15) is 0 Å². The van der Waals surface area contributed by atoms with Crippen LogP contribution in [-0.4, -0.2) is 62.2 Å². The highest BCUT2D eigenvalue weighted by Gasteiger charge is 2.44. The summed E-state index contributed by atoms with van der Waals surface area (Å²) in [4.78, 5) is 26.0. The average molecular weight is 442 g/mol. The zero-order valence-electron chi connectivity index (χ0n) is 17.6. The summed E-state index contributed by atoms with van der Waals surface area (Å²) in [6.07, 6.45) is 2.05. The molecule has 1 N–H and O–H groups in total. The summed E-state index contributed by atoms with van der Waals surface area (Å²) < 4.78 is 27.5. The Morgan fingerprint density at radius 1 is 0.968 bits per heavy atom. The highest BCUT2D eigenvalue weighted by atomic mass is 32.2. The van der Waals surface area contributed by atoms with Gasteiger partial charge in [-0.1, -0.05) is 36.4 Å². The molecule has 7 nitrogen and oxygen atoms in total. The third kappa shape index (κ3) is 4.50. The van der Waals surface area contributed by atoms with Gasteiger partial charge in [-0.25, -0.2) is 8.42 Å². The smallest absolute Gasteiger partial charge is 0.251 e. The summed E-state index contributed by atoms with van der Waals surface area (Å²) in [6, 6.07) is 16.3. The van der Waals surface area contributed by atoms with Gasteiger partial charge in [0.25, 0.3) is 5.91 Å². The van der Waals surface area contributed by atoms with E-state index in [1.165, 1.54) is 28.9 Å². The fourth-order valence-electron chi connectivity index (χ4n) is 4.05. The van der Waals surface area contributed by atoms with Gasteiger partial charge in [-0.05, 0) is 36.6 Å². The van der Waals surface area contributed by atoms with Gasteiger partial charge in [0.15, 0.2) is 0 Å². The monoisotopic (exact) mass is 441 g/mol. The van der Waals surface area contributed by atoms with Crippen LogP contribution in [0.5, 0.6) is 0 Å². The molecule has 1 heterocycles. The summed E-state index contributed by atoms with van der Waals surface area (Å²) in [5, 5.41) is 2.99. The van der Waals surface area contributed by atoms with Gasteiger partial charge in [-0.2, -0.15) is 4.31 Å². The van der Waals surface area contributed by atoms with Crippen molar-refractivity contribution in [1.82, 2.24) is 14.5 Å². The van der Waals surface area contributed by atoms with E-state index in [9.17, 15) is 18.0 Å². The molecule has 4 rings (SSSR count). The zero-order valence-corrected chi connectivity index (χ0v) is 18.4. The Morgan fingerprint density at radius 2 is 1.65 bits per heavy atom. The minimum atomic E-state index is -3.73. The van der Waals surface area contributed by atoms with Crippen LogP contribution in [-0.2, 0) is 20.2 Å². The molecule has 31 heavy (non-hydrogen) atoms. The number of piperazine rings is 1. The number of hydrogen-bond donors (Lipinski definition) is 1. The molecule has 8 heteroatoms. The van der Waals surface area contributed by atoms with E-state index in [0.29, 0.717) is 25.2 Å². The fraction of sp³-hybridized carbons (Fsp3) is 0.391. The molecule has 2 aromatic carbocycles. The predicted octanol–water partition coefficient (Wildman–Crippen LogP) is 2.00. The largest absolute Gasteiger partial charge is 0.351 e. The van der Waals surface area contributed by atoms with Crippen molar-refractivity contribution in [2.24, 2.45) is 0 Å². The van der Waals surface area contributed by atoms with Gasteiger partial charge in [0.05, 0.1) is 4.90 Å². The van der Waals surface area contributed by atoms with E-state index in [-0.39, 0.29) is 35.2 Å². The van der Waals surface area contributed by atoms with Crippen LogP contribution in [0.25, 0.3) is 0 Å². The van der Waals surface area contributed by atoms with Gasteiger partial charge < -0.3 is 10.2 Å². The molecule has 1 aliphatic carbocycles. The number of amides is 2. The maximum absolute atomic E-state index is 13.0. The maximum atomic E-state index is 13.0. The van der Waals surface area contributed by atoms with Crippen molar-refractivity contribution in [2.75, 3.05) is 32.7 Å². The molecule has 2 amide bonds. The number of nitrogens with one attached hydrogen (secondary N) is 1. The normalized spacial score (nSPS) is 18.4. The molecule has 0 atom stereocenters. The molecule has 1 saturated heterocycles. The van der Waals surface area contributed by atoms with Crippen molar-refractivity contribution >= 4 is 21.8 Å². The SMILES string of the molecule is CC(=O)N1CCN(S(=O)(=O)c2cccc(C(=O)NCC3(c4ccccc4)CC3)c2)CC1. The van der Waals surface area contributed by atoms with Crippen LogP contribution >= 0.6 is 0 Å². The molecular formula is C23H27N3O4S. The number of benzene rings is 2. The van der Waals surface area contributed by atoms with E-state index in [1.54, 1.807) is 17.0 Å². The van der Waals surface area contributed by atoms with Crippen LogP contribution in [0.15, 0.2) is 59.5 Å². The van der Waals surface area contributed by atoms with E-state index < -0.39 is 10.0 Å². The van der Waals surface area contributed by atoms with E-state index >= 15 is 0 Å². The van der Waals surface area contributed by atoms with Gasteiger partial charge in [0, 0.05) is 50.6 Å². The average Bonchev–Trinajstić information content (AvgIpc) is 3.59. The number of rotatable bonds is 6. The molecule has 2 fully saturated rings. The van der Waals surface area contributed by atoms with Crippen LogP contribution in [0, 0.1) is 0 Å². The van der Waals surface area contributed by atoms with Crippen molar-refractivity contribution in [2.45, 2.75) is 30.1 Å². The molecule has 2 aromatic rings. The predicted molar refractivity (Wildman–Crippen MR) is 117 cm³/mol. The van der Waals surface area contributed by atoms with Crippen molar-refractivity contribution in [3.8, 4) is 0 Å². The lowest BCUT2D eigenvalue weighted by Gasteiger charge is -2.33. The van der Waals surface area contributed by atoms with E-state index in [2.05, 4.69) is 17.4 Å². The topological polar surface area (TPSA) is 86.8 Å². The summed E-state index contributed by atoms with van der Waals surface area (Å²) in [5.74, 6) is -0.333. The number of carbonyl (C=O) groups excluding carboxylic acids is 2. The van der Waals surface area contributed by atoms with E-state index in [1.807, 2.05) is 18.2 Å². The van der Waals surface area contributed by atoms with Gasteiger partial charge in [-0.3, -0.25) is 9.59 Å². The quantitative estimate of drug-likeness (QED) is 0.743. The Kier molecular flexibility index (Phi) is 5.85. The second-order valence-corrected chi connectivity index (χ2v) is 10.2. The molecule has 0 aromatic heterocycles. The Labute approximate surface area is 183 Å². The molecule has 1 saturated carbocycles. The first kappa shape index (κ1) is 21.5. The summed E-state index contributed by atoms with van der Waals surface area (Å²) in [7, 11) is -3.73. The lowest BCUT2D eigenvalue weighted by atomic mass is 9.96. The van der Waals surface area contributed by atoms with Crippen LogP contribution in [0.2, 0.25) is 0 Å². The molecule has 0 spiro atoms. The number of nitrogens with zero attached hydrogens (tertiary/aromatic N) is 2. The van der Waals surface area contributed by atoms with Crippen LogP contribution in [0.4, 0.5) is 0 Å². The Bertz CT molecular complexity index is 1070. The Morgan fingerprint density at radius 3 is 2.26 bits per heavy atom. The Balaban J connectivity index is 1.43. The molecule has 0 unspecified atom stereocenters. The van der Waals surface area contributed by atoms with E-state index in [0.717, 1.165) is 12.8 Å². The molecule has 0 radical (unpaired) electrons. The Hall–Kier alpha value is -2.71. The second kappa shape index (κ2) is 8.43. The lowest BCUT2D eigenvalue weighted by molar-refractivity contribution is -0.129. The summed E-state index contributed by atoms with van der Waals surface area (Å²) >= 11 is 0. The first-order valence-corrected chi connectivity index (χ1v) is 12.0. The van der Waals surface area contributed by atoms with Crippen molar-refractivity contribution in [3.63, 3.8) is 0 Å². The highest BCUT2D eigenvalue weighted by molar-refractivity contribution is 7.89. The summed E-state index contributed by atoms with van der Waals surface area (Å²) in [5.41, 5.74) is 1.53. The zero-order chi connectivity index (χ0) is 22.1. The standard InChI is InChI=1S/C23H27N3O4S/c1-18(27)25-12-14-26(15-13-25)31(29,30)21-9-5-6-19(16-21)22(28)24-17-23(10-11-23)20-7-3-2-4-8-20/h2-9,16H,10-15,17H2,1H3,(H,24,28). The van der Waals surface area contributed by atoms with E-state index in [4.69, 9.17) is 0 Å². The second-order valence-electron chi connectivity index (χ2n) is 8.27. The third-order valence-electron chi connectivity index (χ3n) is 6.25. The fourth-order valence-corrected chi connectivity index (χ4v) is 5.52. The molecular weight excluding hydrogens is 414 g/mol. The van der Waals surface area contributed by atoms with Gasteiger partial charge in [0.2, 0.25) is 15.9 Å². The number of carbonyl (C=O) groups is 2. The first-order chi connectivity index (χ1) is 14.8. The van der Waals surface area contributed by atoms with Crippen LogP contribution < -0.4 is 5.32 Å². The highest BCUT2D eigenvalue weighted by Crippen LogP contribution is 2.47. The third-order valence-corrected chi connectivity index (χ3v) is 8.14. The first-order valence-electron chi connectivity index (χ1n) is 10.5. The maximum Gasteiger partial charge on any atom is 0.251 e. The van der Waals surface area contributed by atoms with Crippen molar-refractivity contribution in [3.05, 3.63) is 65.7 Å².